The summed E-state index contributed by atoms with van der Waals surface area (Å²) in [6.07, 6.45) is 0. The van der Waals surface area contributed by atoms with Crippen molar-refractivity contribution in [2.45, 2.75) is 0 Å². The molecule has 4 rings (SSSR count). The van der Waals surface area contributed by atoms with Crippen LogP contribution in [0.5, 0.6) is 0 Å². The Morgan fingerprint density at radius 2 is 1.52 bits per heavy atom. The zero-order valence-electron chi connectivity index (χ0n) is 11.0. The Morgan fingerprint density at radius 3 is 2.33 bits per heavy atom. The predicted octanol–water partition coefficient (Wildman–Crippen LogP) is 4.63. The van der Waals surface area contributed by atoms with E-state index >= 15 is 0 Å². The van der Waals surface area contributed by atoms with Crippen molar-refractivity contribution in [2.75, 3.05) is 0 Å². The van der Waals surface area contributed by atoms with Crippen LogP contribution in [0.3, 0.4) is 0 Å². The van der Waals surface area contributed by atoms with E-state index in [1.165, 1.54) is 11.3 Å². The number of hydrogen-bond acceptors (Lipinski definition) is 2. The fourth-order valence-corrected chi connectivity index (χ4v) is 3.46. The fraction of sp³-hybridized carbons (Fsp3) is 0. The summed E-state index contributed by atoms with van der Waals surface area (Å²) < 4.78 is 2.61. The summed E-state index contributed by atoms with van der Waals surface area (Å²) in [4.78, 5) is 12.8. The van der Waals surface area contributed by atoms with Crippen LogP contribution >= 0.6 is 23.7 Å². The minimum Gasteiger partial charge on any atom is -0.276 e. The lowest BCUT2D eigenvalue weighted by molar-refractivity contribution is 1.06. The van der Waals surface area contributed by atoms with E-state index in [2.05, 4.69) is 6.07 Å². The van der Waals surface area contributed by atoms with Crippen molar-refractivity contribution in [3.8, 4) is 5.69 Å². The van der Waals surface area contributed by atoms with Gasteiger partial charge in [0.2, 0.25) is 0 Å². The van der Waals surface area contributed by atoms with Gasteiger partial charge in [-0.2, -0.15) is 0 Å². The Hall–Kier alpha value is -2.10. The number of fused-ring (bicyclic) bond motifs is 3. The second-order valence-electron chi connectivity index (χ2n) is 4.66. The van der Waals surface area contributed by atoms with Crippen molar-refractivity contribution in [3.05, 3.63) is 76.4 Å². The minimum atomic E-state index is 0. The summed E-state index contributed by atoms with van der Waals surface area (Å²) in [5.41, 5.74) is 1.92. The summed E-state index contributed by atoms with van der Waals surface area (Å²) in [6.45, 7) is 0. The molecule has 0 bridgehead atoms. The monoisotopic (exact) mass is 313 g/mol. The van der Waals surface area contributed by atoms with Crippen molar-refractivity contribution < 1.29 is 0 Å². The van der Waals surface area contributed by atoms with E-state index in [1.807, 2.05) is 60.0 Å². The molecule has 104 valence electrons. The molecular formula is C17H12ClNOS. The van der Waals surface area contributed by atoms with E-state index < -0.39 is 0 Å². The van der Waals surface area contributed by atoms with E-state index in [1.54, 1.807) is 4.57 Å². The van der Waals surface area contributed by atoms with Gasteiger partial charge in [-0.15, -0.1) is 23.7 Å². The van der Waals surface area contributed by atoms with Gasteiger partial charge < -0.3 is 0 Å². The molecule has 2 heterocycles. The van der Waals surface area contributed by atoms with Gasteiger partial charge in [0.15, 0.2) is 0 Å². The normalized spacial score (nSPS) is 10.7. The Labute approximate surface area is 131 Å². The molecule has 0 radical (unpaired) electrons. The first-order valence-corrected chi connectivity index (χ1v) is 7.30. The van der Waals surface area contributed by atoms with E-state index in [4.69, 9.17) is 0 Å². The third-order valence-corrected chi connectivity index (χ3v) is 4.41. The van der Waals surface area contributed by atoms with Gasteiger partial charge in [0.25, 0.3) is 5.56 Å². The number of aromatic nitrogens is 1. The number of rotatable bonds is 1. The highest BCUT2D eigenvalue weighted by atomic mass is 35.5. The number of halogens is 1. The quantitative estimate of drug-likeness (QED) is 0.502. The number of pyridine rings is 1. The van der Waals surface area contributed by atoms with Crippen LogP contribution in [0.2, 0.25) is 0 Å². The number of thiophene rings is 1. The van der Waals surface area contributed by atoms with Crippen LogP contribution in [-0.4, -0.2) is 4.57 Å². The van der Waals surface area contributed by atoms with Gasteiger partial charge >= 0.3 is 0 Å². The van der Waals surface area contributed by atoms with Gasteiger partial charge in [-0.05, 0) is 29.6 Å². The molecule has 2 nitrogen and oxygen atoms in total. The van der Waals surface area contributed by atoms with Crippen LogP contribution in [0.1, 0.15) is 0 Å². The molecule has 0 unspecified atom stereocenters. The van der Waals surface area contributed by atoms with Gasteiger partial charge in [0.05, 0.1) is 5.52 Å². The number of nitrogens with zero attached hydrogens (tertiary/aromatic N) is 1. The van der Waals surface area contributed by atoms with Crippen LogP contribution < -0.4 is 5.56 Å². The smallest absolute Gasteiger partial charge is 0.273 e. The average Bonchev–Trinajstić information content (AvgIpc) is 2.99. The second kappa shape index (κ2) is 5.35. The number of hydrogen-bond donors (Lipinski definition) is 0. The molecule has 21 heavy (non-hydrogen) atoms. The molecule has 2 aromatic carbocycles. The molecule has 0 aliphatic heterocycles. The van der Waals surface area contributed by atoms with Crippen molar-refractivity contribution in [3.63, 3.8) is 0 Å². The van der Waals surface area contributed by atoms with Crippen LogP contribution in [0, 0.1) is 0 Å². The average molecular weight is 314 g/mol. The van der Waals surface area contributed by atoms with Crippen LogP contribution in [0.25, 0.3) is 26.7 Å². The summed E-state index contributed by atoms with van der Waals surface area (Å²) >= 11 is 1.50. The van der Waals surface area contributed by atoms with Gasteiger partial charge in [-0.3, -0.25) is 9.36 Å². The standard InChI is InChI=1S/C17H11NOS.ClH/c19-17-16-14(10-11-20-16)13-8-4-5-9-15(13)18(17)12-6-2-1-3-7-12;/h1-11H;1H. The molecular weight excluding hydrogens is 302 g/mol. The lowest BCUT2D eigenvalue weighted by atomic mass is 10.1. The summed E-state index contributed by atoms with van der Waals surface area (Å²) in [7, 11) is 0. The fourth-order valence-electron chi connectivity index (χ4n) is 2.63. The molecule has 0 aliphatic carbocycles. The van der Waals surface area contributed by atoms with Crippen molar-refractivity contribution in [1.29, 1.82) is 0 Å². The van der Waals surface area contributed by atoms with Crippen molar-refractivity contribution in [1.82, 2.24) is 4.57 Å². The third-order valence-electron chi connectivity index (χ3n) is 3.51. The Kier molecular flexibility index (Phi) is 3.53. The highest BCUT2D eigenvalue weighted by Crippen LogP contribution is 2.27. The van der Waals surface area contributed by atoms with Crippen molar-refractivity contribution in [2.24, 2.45) is 0 Å². The first-order valence-electron chi connectivity index (χ1n) is 6.42. The van der Waals surface area contributed by atoms with Crippen LogP contribution in [-0.2, 0) is 0 Å². The van der Waals surface area contributed by atoms with E-state index in [-0.39, 0.29) is 18.0 Å². The molecule has 0 N–H and O–H groups in total. The van der Waals surface area contributed by atoms with Gasteiger partial charge in [0, 0.05) is 16.5 Å². The predicted molar refractivity (Wildman–Crippen MR) is 92.2 cm³/mol. The molecule has 0 fully saturated rings. The Morgan fingerprint density at radius 1 is 0.810 bits per heavy atom. The molecule has 0 saturated heterocycles. The molecule has 0 aliphatic rings. The topological polar surface area (TPSA) is 22.0 Å². The molecule has 4 heteroatoms. The molecule has 0 spiro atoms. The molecule has 0 atom stereocenters. The van der Waals surface area contributed by atoms with Gasteiger partial charge in [-0.25, -0.2) is 0 Å². The maximum absolute atomic E-state index is 12.8. The Balaban J connectivity index is 0.00000132. The molecule has 0 amide bonds. The minimum absolute atomic E-state index is 0. The van der Waals surface area contributed by atoms with E-state index in [0.717, 1.165) is 26.7 Å². The van der Waals surface area contributed by atoms with Gasteiger partial charge in [0.1, 0.15) is 4.70 Å². The summed E-state index contributed by atoms with van der Waals surface area (Å²) in [6, 6.07) is 19.9. The zero-order valence-corrected chi connectivity index (χ0v) is 12.7. The Bertz CT molecular complexity index is 972. The number of benzene rings is 2. The van der Waals surface area contributed by atoms with Gasteiger partial charge in [-0.1, -0.05) is 36.4 Å². The maximum Gasteiger partial charge on any atom is 0.273 e. The number of para-hydroxylation sites is 2. The van der Waals surface area contributed by atoms with E-state index in [9.17, 15) is 4.79 Å². The highest BCUT2D eigenvalue weighted by Gasteiger charge is 2.12. The van der Waals surface area contributed by atoms with Crippen molar-refractivity contribution >= 4 is 44.7 Å². The van der Waals surface area contributed by atoms with Crippen LogP contribution in [0.4, 0.5) is 0 Å². The van der Waals surface area contributed by atoms with E-state index in [0.29, 0.717) is 0 Å². The van der Waals surface area contributed by atoms with Crippen LogP contribution in [0.15, 0.2) is 70.8 Å². The summed E-state index contributed by atoms with van der Waals surface area (Å²) in [5, 5.41) is 4.14. The molecule has 0 saturated carbocycles. The SMILES string of the molecule is Cl.O=c1c2sccc2c2ccccc2n1-c1ccccc1. The highest BCUT2D eigenvalue weighted by molar-refractivity contribution is 7.17. The molecule has 4 aromatic rings. The molecule has 2 aromatic heterocycles. The second-order valence-corrected chi connectivity index (χ2v) is 5.57. The lowest BCUT2D eigenvalue weighted by Gasteiger charge is -2.11. The lowest BCUT2D eigenvalue weighted by Crippen LogP contribution is -2.18. The zero-order chi connectivity index (χ0) is 13.5. The summed E-state index contributed by atoms with van der Waals surface area (Å²) in [5.74, 6) is 0. The first kappa shape index (κ1) is 13.9. The largest absolute Gasteiger partial charge is 0.276 e. The first-order chi connectivity index (χ1) is 9.86. The maximum atomic E-state index is 12.8. The third kappa shape index (κ3) is 2.06.